The van der Waals surface area contributed by atoms with Crippen LogP contribution < -0.4 is 15.1 Å². The summed E-state index contributed by atoms with van der Waals surface area (Å²) >= 11 is 0. The lowest BCUT2D eigenvalue weighted by atomic mass is 10.0. The van der Waals surface area contributed by atoms with Gasteiger partial charge in [0.2, 0.25) is 11.8 Å². The Hall–Kier alpha value is -5.57. The summed E-state index contributed by atoms with van der Waals surface area (Å²) in [6.45, 7) is -0.138. The molecule has 7 rings (SSSR count). The van der Waals surface area contributed by atoms with Crippen molar-refractivity contribution in [3.05, 3.63) is 125 Å². The minimum Gasteiger partial charge on any atom is -0.322 e. The van der Waals surface area contributed by atoms with Crippen LogP contribution in [0.3, 0.4) is 0 Å². The summed E-state index contributed by atoms with van der Waals surface area (Å²) in [5, 5.41) is 2.90. The minimum absolute atomic E-state index is 0.0672. The molecule has 2 aliphatic heterocycles. The molecule has 0 radical (unpaired) electrons. The normalized spacial score (nSPS) is 18.8. The van der Waals surface area contributed by atoms with Crippen LogP contribution in [-0.2, 0) is 16.1 Å². The largest absolute Gasteiger partial charge is 0.322 e. The number of fused-ring (bicyclic) bond motifs is 3. The Morgan fingerprint density at radius 1 is 0.689 bits per heavy atom. The molecule has 4 aromatic rings. The van der Waals surface area contributed by atoms with E-state index in [0.717, 1.165) is 16.9 Å². The zero-order valence-electron chi connectivity index (χ0n) is 24.4. The number of nitrogens with zero attached hydrogens (tertiary/aromatic N) is 3. The van der Waals surface area contributed by atoms with Gasteiger partial charge in [0.25, 0.3) is 17.7 Å². The molecule has 1 N–H and O–H groups in total. The van der Waals surface area contributed by atoms with Crippen LogP contribution in [0.25, 0.3) is 0 Å². The molecule has 0 aromatic heterocycles. The number of hydrogen-bond donors (Lipinski definition) is 1. The number of carbonyl (C=O) groups is 5. The third-order valence-electron chi connectivity index (χ3n) is 8.86. The van der Waals surface area contributed by atoms with Crippen molar-refractivity contribution in [2.24, 2.45) is 5.92 Å². The highest BCUT2D eigenvalue weighted by atomic mass is 16.2. The lowest BCUT2D eigenvalue weighted by Gasteiger charge is -2.31. The van der Waals surface area contributed by atoms with Crippen LogP contribution in [-0.4, -0.2) is 47.0 Å². The third-order valence-corrected chi connectivity index (χ3v) is 8.86. The third kappa shape index (κ3) is 5.06. The van der Waals surface area contributed by atoms with Crippen molar-refractivity contribution in [3.63, 3.8) is 0 Å². The van der Waals surface area contributed by atoms with E-state index in [9.17, 15) is 24.0 Å². The Morgan fingerprint density at radius 2 is 1.31 bits per heavy atom. The Kier molecular flexibility index (Phi) is 7.21. The Labute approximate surface area is 260 Å². The van der Waals surface area contributed by atoms with E-state index in [0.29, 0.717) is 35.5 Å². The first-order valence-electron chi connectivity index (χ1n) is 15.0. The van der Waals surface area contributed by atoms with Crippen molar-refractivity contribution in [2.45, 2.75) is 31.8 Å². The fourth-order valence-corrected chi connectivity index (χ4v) is 6.68. The molecule has 224 valence electrons. The zero-order valence-corrected chi connectivity index (χ0v) is 24.4. The maximum absolute atomic E-state index is 14.1. The van der Waals surface area contributed by atoms with E-state index in [1.54, 1.807) is 58.3 Å². The maximum atomic E-state index is 14.1. The van der Waals surface area contributed by atoms with Gasteiger partial charge in [0.05, 0.1) is 35.0 Å². The summed E-state index contributed by atoms with van der Waals surface area (Å²) in [5.41, 5.74) is 3.80. The first kappa shape index (κ1) is 28.2. The second-order valence-electron chi connectivity index (χ2n) is 11.5. The van der Waals surface area contributed by atoms with Crippen LogP contribution in [0.15, 0.2) is 103 Å². The Bertz CT molecular complexity index is 1800. The molecule has 2 atom stereocenters. The smallest absolute Gasteiger partial charge is 0.262 e. The molecule has 1 aliphatic carbocycles. The molecule has 4 aromatic carbocycles. The molecule has 9 nitrogen and oxygen atoms in total. The molecule has 0 unspecified atom stereocenters. The van der Waals surface area contributed by atoms with Gasteiger partial charge in [-0.25, -0.2) is 0 Å². The summed E-state index contributed by atoms with van der Waals surface area (Å²) < 4.78 is 0. The zero-order chi connectivity index (χ0) is 31.1. The molecule has 0 bridgehead atoms. The highest BCUT2D eigenvalue weighted by Crippen LogP contribution is 2.43. The molecule has 1 saturated carbocycles. The van der Waals surface area contributed by atoms with Crippen molar-refractivity contribution < 1.29 is 24.0 Å². The van der Waals surface area contributed by atoms with Crippen molar-refractivity contribution in [2.75, 3.05) is 21.7 Å². The lowest BCUT2D eigenvalue weighted by molar-refractivity contribution is -0.123. The highest BCUT2D eigenvalue weighted by Gasteiger charge is 2.47. The molecule has 0 saturated heterocycles. The van der Waals surface area contributed by atoms with Gasteiger partial charge in [0.15, 0.2) is 0 Å². The summed E-state index contributed by atoms with van der Waals surface area (Å²) in [4.78, 5) is 71.3. The summed E-state index contributed by atoms with van der Waals surface area (Å²) in [6.07, 6.45) is 2.06. The monoisotopic (exact) mass is 598 g/mol. The van der Waals surface area contributed by atoms with Gasteiger partial charge in [-0.1, -0.05) is 61.0 Å². The summed E-state index contributed by atoms with van der Waals surface area (Å²) in [5.74, 6) is -2.08. The van der Waals surface area contributed by atoms with Crippen molar-refractivity contribution in [3.8, 4) is 0 Å². The number of rotatable bonds is 6. The minimum atomic E-state index is -0.490. The van der Waals surface area contributed by atoms with Crippen molar-refractivity contribution in [1.29, 1.82) is 0 Å². The average molecular weight is 599 g/mol. The lowest BCUT2D eigenvalue weighted by Crippen LogP contribution is -2.49. The van der Waals surface area contributed by atoms with Gasteiger partial charge >= 0.3 is 0 Å². The van der Waals surface area contributed by atoms with E-state index in [2.05, 4.69) is 5.32 Å². The average Bonchev–Trinajstić information content (AvgIpc) is 3.62. The summed E-state index contributed by atoms with van der Waals surface area (Å²) in [6, 6.07) is 29.8. The van der Waals surface area contributed by atoms with Crippen molar-refractivity contribution in [1.82, 2.24) is 4.90 Å². The van der Waals surface area contributed by atoms with Crippen LogP contribution in [0.5, 0.6) is 0 Å². The Morgan fingerprint density at radius 3 is 2.00 bits per heavy atom. The van der Waals surface area contributed by atoms with Gasteiger partial charge in [-0.05, 0) is 66.9 Å². The van der Waals surface area contributed by atoms with E-state index in [1.807, 2.05) is 54.6 Å². The van der Waals surface area contributed by atoms with E-state index < -0.39 is 30.2 Å². The molecular weight excluding hydrogens is 568 g/mol. The van der Waals surface area contributed by atoms with Crippen LogP contribution in [0.2, 0.25) is 0 Å². The number of nitrogens with one attached hydrogen (secondary N) is 1. The molecular formula is C36H30N4O5. The highest BCUT2D eigenvalue weighted by molar-refractivity contribution is 6.23. The number of imide groups is 1. The van der Waals surface area contributed by atoms with Gasteiger partial charge in [0.1, 0.15) is 6.54 Å². The van der Waals surface area contributed by atoms with E-state index >= 15 is 0 Å². The predicted octanol–water partition coefficient (Wildman–Crippen LogP) is 5.28. The molecule has 3 aliphatic rings. The second kappa shape index (κ2) is 11.5. The molecule has 9 heteroatoms. The number of benzene rings is 4. The number of para-hydroxylation sites is 2. The van der Waals surface area contributed by atoms with Crippen LogP contribution in [0.4, 0.5) is 17.1 Å². The standard InChI is InChI=1S/C36H30N4O5/c41-32(22-39-34(43)26-11-4-5-12-27(26)35(39)44)40-29-16-8-13-28(29)36(45)38(30-14-6-7-15-31(30)40)21-23-17-19-25(20-18-23)37-33(42)24-9-2-1-3-10-24/h1-7,9-12,14-15,17-20,28-29H,8,13,16,21-22H2,(H,37,42)/t28-,29+/m0/s1. The van der Waals surface area contributed by atoms with Gasteiger partial charge in [0, 0.05) is 17.3 Å². The second-order valence-corrected chi connectivity index (χ2v) is 11.5. The molecule has 2 heterocycles. The fourth-order valence-electron chi connectivity index (χ4n) is 6.68. The van der Waals surface area contributed by atoms with Gasteiger partial charge in [-0.2, -0.15) is 0 Å². The van der Waals surface area contributed by atoms with Crippen LogP contribution in [0, 0.1) is 5.92 Å². The SMILES string of the molecule is O=C(Nc1ccc(CN2C(=O)[C@H]3CCC[C@H]3N(C(=O)CN3C(=O)c4ccccc4C3=O)c3ccccc32)cc1)c1ccccc1. The number of amides is 5. The van der Waals surface area contributed by atoms with Gasteiger partial charge < -0.3 is 15.1 Å². The molecule has 0 spiro atoms. The predicted molar refractivity (Wildman–Crippen MR) is 169 cm³/mol. The number of carbonyl (C=O) groups excluding carboxylic acids is 5. The summed E-state index contributed by atoms with van der Waals surface area (Å²) in [7, 11) is 0. The van der Waals surface area contributed by atoms with Crippen LogP contribution >= 0.6 is 0 Å². The Balaban J connectivity index is 1.15. The molecule has 5 amide bonds. The quantitative estimate of drug-likeness (QED) is 0.304. The first-order valence-corrected chi connectivity index (χ1v) is 15.0. The van der Waals surface area contributed by atoms with E-state index in [-0.39, 0.29) is 35.5 Å². The van der Waals surface area contributed by atoms with Gasteiger partial charge in [-0.3, -0.25) is 28.9 Å². The van der Waals surface area contributed by atoms with E-state index in [4.69, 9.17) is 0 Å². The van der Waals surface area contributed by atoms with Gasteiger partial charge in [-0.15, -0.1) is 0 Å². The van der Waals surface area contributed by atoms with Crippen molar-refractivity contribution >= 4 is 46.6 Å². The maximum Gasteiger partial charge on any atom is 0.262 e. The molecule has 1 fully saturated rings. The molecule has 45 heavy (non-hydrogen) atoms. The van der Waals surface area contributed by atoms with E-state index in [1.165, 1.54) is 0 Å². The fraction of sp³-hybridized carbons (Fsp3) is 0.194. The van der Waals surface area contributed by atoms with Crippen LogP contribution in [0.1, 0.15) is 55.9 Å². The topological polar surface area (TPSA) is 107 Å². The number of anilines is 3. The first-order chi connectivity index (χ1) is 21.9. The number of hydrogen-bond acceptors (Lipinski definition) is 5.